The average molecular weight is 568 g/mol. The van der Waals surface area contributed by atoms with Gasteiger partial charge in [0.25, 0.3) is 0 Å². The van der Waals surface area contributed by atoms with Gasteiger partial charge < -0.3 is 15.0 Å². The van der Waals surface area contributed by atoms with Crippen molar-refractivity contribution in [2.45, 2.75) is 31.6 Å². The van der Waals surface area contributed by atoms with E-state index in [0.717, 1.165) is 6.07 Å². The Kier molecular flexibility index (Phi) is 7.99. The third-order valence-electron chi connectivity index (χ3n) is 6.78. The van der Waals surface area contributed by atoms with Crippen molar-refractivity contribution in [3.63, 3.8) is 0 Å². The Labute approximate surface area is 232 Å². The summed E-state index contributed by atoms with van der Waals surface area (Å²) in [7, 11) is 0. The third-order valence-corrected chi connectivity index (χ3v) is 6.78. The van der Waals surface area contributed by atoms with Crippen LogP contribution in [0.5, 0.6) is 11.5 Å². The summed E-state index contributed by atoms with van der Waals surface area (Å²) in [5, 5.41) is 6.73. The average Bonchev–Trinajstić information content (AvgIpc) is 3.61. The van der Waals surface area contributed by atoms with Gasteiger partial charge in [0.2, 0.25) is 11.8 Å². The first-order valence-electron chi connectivity index (χ1n) is 12.8. The van der Waals surface area contributed by atoms with Gasteiger partial charge in [-0.1, -0.05) is 18.2 Å². The quantitative estimate of drug-likeness (QED) is 0.291. The predicted octanol–water partition coefficient (Wildman–Crippen LogP) is 5.33. The Hall–Kier alpha value is -4.74. The van der Waals surface area contributed by atoms with Crippen molar-refractivity contribution in [2.75, 3.05) is 11.9 Å². The van der Waals surface area contributed by atoms with E-state index in [9.17, 15) is 27.2 Å². The van der Waals surface area contributed by atoms with E-state index in [1.54, 1.807) is 30.3 Å². The number of anilines is 1. The highest BCUT2D eigenvalue weighted by Gasteiger charge is 2.41. The molecule has 0 bridgehead atoms. The van der Waals surface area contributed by atoms with Crippen LogP contribution < -0.4 is 10.1 Å². The second kappa shape index (κ2) is 11.8. The number of carbonyl (C=O) groups is 2. The molecule has 5 rings (SSSR count). The lowest BCUT2D eigenvalue weighted by atomic mass is 9.93. The first kappa shape index (κ1) is 27.8. The number of benzene rings is 3. The van der Waals surface area contributed by atoms with E-state index in [4.69, 9.17) is 4.74 Å². The number of likely N-dealkylation sites (tertiary alicyclic amines) is 1. The standard InChI is InChI=1S/C29H25F4N5O3/c30-21-5-9-23(10-6-21)41-24-11-7-22(8-12-24)36-28(40)26-14-19(13-20-3-1-2-4-25(20)29(31,32)33)15-38(26)27(39)16-37-18-34-17-35-37/h1-12,17-19,26H,13-16H2,(H,36,40). The van der Waals surface area contributed by atoms with Crippen molar-refractivity contribution in [1.82, 2.24) is 19.7 Å². The van der Waals surface area contributed by atoms with Crippen LogP contribution in [0.25, 0.3) is 0 Å². The van der Waals surface area contributed by atoms with Crippen molar-refractivity contribution in [3.05, 3.63) is 102 Å². The van der Waals surface area contributed by atoms with E-state index in [1.807, 2.05) is 0 Å². The molecule has 1 aromatic heterocycles. The van der Waals surface area contributed by atoms with Gasteiger partial charge in [-0.25, -0.2) is 14.1 Å². The topological polar surface area (TPSA) is 89.4 Å². The molecule has 41 heavy (non-hydrogen) atoms. The van der Waals surface area contributed by atoms with Gasteiger partial charge in [-0.15, -0.1) is 0 Å². The van der Waals surface area contributed by atoms with E-state index in [1.165, 1.54) is 58.6 Å². The summed E-state index contributed by atoms with van der Waals surface area (Å²) in [6.07, 6.45) is -1.62. The molecular formula is C29H25F4N5O3. The van der Waals surface area contributed by atoms with Crippen LogP contribution >= 0.6 is 0 Å². The molecule has 1 aliphatic heterocycles. The van der Waals surface area contributed by atoms with E-state index in [-0.39, 0.29) is 43.2 Å². The molecule has 1 saturated heterocycles. The highest BCUT2D eigenvalue weighted by molar-refractivity contribution is 5.97. The molecule has 2 atom stereocenters. The minimum atomic E-state index is -4.51. The molecule has 1 N–H and O–H groups in total. The maximum Gasteiger partial charge on any atom is 0.416 e. The van der Waals surface area contributed by atoms with Crippen molar-refractivity contribution in [1.29, 1.82) is 0 Å². The van der Waals surface area contributed by atoms with E-state index < -0.39 is 29.6 Å². The minimum absolute atomic E-state index is 0.0575. The summed E-state index contributed by atoms with van der Waals surface area (Å²) in [5.41, 5.74) is -0.168. The van der Waals surface area contributed by atoms with Gasteiger partial charge in [0.15, 0.2) is 0 Å². The number of nitrogens with zero attached hydrogens (tertiary/aromatic N) is 4. The van der Waals surface area contributed by atoms with Crippen LogP contribution in [-0.2, 0) is 28.7 Å². The zero-order chi connectivity index (χ0) is 29.0. The Balaban J connectivity index is 1.30. The number of halogens is 4. The summed E-state index contributed by atoms with van der Waals surface area (Å²) in [6, 6.07) is 16.4. The van der Waals surface area contributed by atoms with Gasteiger partial charge in [-0.3, -0.25) is 9.59 Å². The van der Waals surface area contributed by atoms with Crippen LogP contribution in [0.15, 0.2) is 85.5 Å². The molecule has 3 aromatic carbocycles. The molecule has 1 aliphatic rings. The lowest BCUT2D eigenvalue weighted by Gasteiger charge is -2.24. The highest BCUT2D eigenvalue weighted by Crippen LogP contribution is 2.35. The first-order valence-corrected chi connectivity index (χ1v) is 12.8. The SMILES string of the molecule is O=C(Nc1ccc(Oc2ccc(F)cc2)cc1)C1CC(Cc2ccccc2C(F)(F)F)CN1C(=O)Cn1cncn1. The fraction of sp³-hybridized carbons (Fsp3) is 0.241. The fourth-order valence-electron chi connectivity index (χ4n) is 4.90. The predicted molar refractivity (Wildman–Crippen MR) is 140 cm³/mol. The fourth-order valence-corrected chi connectivity index (χ4v) is 4.90. The molecule has 2 heterocycles. The smallest absolute Gasteiger partial charge is 0.416 e. The van der Waals surface area contributed by atoms with Crippen molar-refractivity contribution in [2.24, 2.45) is 5.92 Å². The number of hydrogen-bond donors (Lipinski definition) is 1. The second-order valence-corrected chi connectivity index (χ2v) is 9.69. The van der Waals surface area contributed by atoms with E-state index in [2.05, 4.69) is 15.4 Å². The summed E-state index contributed by atoms with van der Waals surface area (Å²) in [6.45, 7) is -0.0483. The number of ether oxygens (including phenoxy) is 1. The van der Waals surface area contributed by atoms with Crippen LogP contribution in [0, 0.1) is 11.7 Å². The number of carbonyl (C=O) groups excluding carboxylic acids is 2. The molecule has 1 fully saturated rings. The maximum atomic E-state index is 13.6. The monoisotopic (exact) mass is 567 g/mol. The Morgan fingerprint density at radius 2 is 1.66 bits per heavy atom. The Bertz CT molecular complexity index is 1490. The third kappa shape index (κ3) is 6.89. The Morgan fingerprint density at radius 1 is 0.976 bits per heavy atom. The summed E-state index contributed by atoms with van der Waals surface area (Å²) >= 11 is 0. The van der Waals surface area contributed by atoms with Gasteiger partial charge in [-0.2, -0.15) is 18.3 Å². The number of amides is 2. The molecule has 0 saturated carbocycles. The molecule has 4 aromatic rings. The van der Waals surface area contributed by atoms with Crippen LogP contribution in [0.1, 0.15) is 17.5 Å². The van der Waals surface area contributed by atoms with Crippen molar-refractivity contribution in [3.8, 4) is 11.5 Å². The number of hydrogen-bond acceptors (Lipinski definition) is 5. The van der Waals surface area contributed by atoms with Crippen LogP contribution in [0.4, 0.5) is 23.2 Å². The zero-order valence-corrected chi connectivity index (χ0v) is 21.6. The van der Waals surface area contributed by atoms with Gasteiger partial charge in [0, 0.05) is 12.2 Å². The van der Waals surface area contributed by atoms with E-state index >= 15 is 0 Å². The molecule has 2 amide bonds. The van der Waals surface area contributed by atoms with Gasteiger partial charge in [0.05, 0.1) is 5.56 Å². The van der Waals surface area contributed by atoms with Gasteiger partial charge in [0.1, 0.15) is 42.6 Å². The van der Waals surface area contributed by atoms with E-state index in [0.29, 0.717) is 17.2 Å². The van der Waals surface area contributed by atoms with Gasteiger partial charge in [-0.05, 0) is 78.9 Å². The zero-order valence-electron chi connectivity index (χ0n) is 21.6. The number of rotatable bonds is 8. The molecule has 0 aliphatic carbocycles. The van der Waals surface area contributed by atoms with Crippen LogP contribution in [-0.4, -0.2) is 44.1 Å². The molecule has 0 radical (unpaired) electrons. The second-order valence-electron chi connectivity index (χ2n) is 9.69. The van der Waals surface area contributed by atoms with Crippen LogP contribution in [0.3, 0.4) is 0 Å². The first-order chi connectivity index (χ1) is 19.7. The van der Waals surface area contributed by atoms with Crippen molar-refractivity contribution >= 4 is 17.5 Å². The molecule has 2 unspecified atom stereocenters. The molecule has 212 valence electrons. The molecule has 8 nitrogen and oxygen atoms in total. The van der Waals surface area contributed by atoms with Gasteiger partial charge >= 0.3 is 6.18 Å². The van der Waals surface area contributed by atoms with Crippen LogP contribution in [0.2, 0.25) is 0 Å². The lowest BCUT2D eigenvalue weighted by Crippen LogP contribution is -2.44. The molecule has 12 heteroatoms. The normalized spacial score (nSPS) is 16.9. The number of aromatic nitrogens is 3. The maximum absolute atomic E-state index is 13.6. The highest BCUT2D eigenvalue weighted by atomic mass is 19.4. The summed E-state index contributed by atoms with van der Waals surface area (Å²) in [4.78, 5) is 31.8. The molecular weight excluding hydrogens is 542 g/mol. The summed E-state index contributed by atoms with van der Waals surface area (Å²) < 4.78 is 60.9. The van der Waals surface area contributed by atoms with Crippen molar-refractivity contribution < 1.29 is 31.9 Å². The Morgan fingerprint density at radius 3 is 2.32 bits per heavy atom. The lowest BCUT2D eigenvalue weighted by molar-refractivity contribution is -0.138. The largest absolute Gasteiger partial charge is 0.457 e. The summed E-state index contributed by atoms with van der Waals surface area (Å²) in [5.74, 6) is -0.721. The minimum Gasteiger partial charge on any atom is -0.457 e. The number of nitrogens with one attached hydrogen (secondary N) is 1. The molecule has 0 spiro atoms. The number of alkyl halides is 3.